The van der Waals surface area contributed by atoms with Crippen LogP contribution >= 0.6 is 11.6 Å². The van der Waals surface area contributed by atoms with Gasteiger partial charge in [0.15, 0.2) is 5.58 Å². The molecule has 1 aromatic heterocycles. The molecule has 0 saturated heterocycles. The number of aliphatic imine (C=N–C) groups is 1. The second-order valence-corrected chi connectivity index (χ2v) is 6.33. The van der Waals surface area contributed by atoms with Gasteiger partial charge in [-0.1, -0.05) is 29.8 Å². The molecule has 0 atom stereocenters. The van der Waals surface area contributed by atoms with E-state index >= 15 is 0 Å². The van der Waals surface area contributed by atoms with E-state index in [9.17, 15) is 15.2 Å². The largest absolute Gasteiger partial charge is 0.867 e. The van der Waals surface area contributed by atoms with Crippen LogP contribution in [-0.2, 0) is 0 Å². The third-order valence-corrected chi connectivity index (χ3v) is 4.22. The lowest BCUT2D eigenvalue weighted by molar-refractivity contribution is -0.398. The summed E-state index contributed by atoms with van der Waals surface area (Å²) < 4.78 is 5.74. The van der Waals surface area contributed by atoms with Crippen molar-refractivity contribution in [3.63, 3.8) is 0 Å². The molecule has 0 saturated carbocycles. The van der Waals surface area contributed by atoms with Crippen molar-refractivity contribution in [3.8, 4) is 17.2 Å². The maximum Gasteiger partial charge on any atom is 0.263 e. The molecule has 0 N–H and O–H groups in total. The van der Waals surface area contributed by atoms with Crippen molar-refractivity contribution in [2.45, 2.75) is 0 Å². The fourth-order valence-corrected chi connectivity index (χ4v) is 2.91. The molecule has 0 fully saturated rings. The Bertz CT molecular complexity index is 1200. The molecule has 0 radical (unpaired) electrons. The Kier molecular flexibility index (Phi) is 4.50. The zero-order chi connectivity index (χ0) is 19.7. The molecule has 3 aromatic carbocycles. The molecule has 28 heavy (non-hydrogen) atoms. The smallest absolute Gasteiger partial charge is 0.263 e. The molecule has 0 spiro atoms. The summed E-state index contributed by atoms with van der Waals surface area (Å²) in [6, 6.07) is 16.9. The number of nitro groups is 1. The van der Waals surface area contributed by atoms with Crippen LogP contribution in [0.3, 0.4) is 0 Å². The van der Waals surface area contributed by atoms with E-state index in [1.165, 1.54) is 12.3 Å². The van der Waals surface area contributed by atoms with Crippen molar-refractivity contribution in [1.82, 2.24) is 4.98 Å². The summed E-state index contributed by atoms with van der Waals surface area (Å²) in [6.45, 7) is 0. The minimum absolute atomic E-state index is 0.0338. The second-order valence-electron chi connectivity index (χ2n) is 5.90. The molecule has 4 rings (SSSR count). The molecular formula is C20H11ClN3O4-. The summed E-state index contributed by atoms with van der Waals surface area (Å²) in [5.74, 6) is -0.297. The highest BCUT2D eigenvalue weighted by molar-refractivity contribution is 6.31. The highest BCUT2D eigenvalue weighted by Gasteiger charge is 2.11. The Labute approximate surface area is 163 Å². The Morgan fingerprint density at radius 2 is 1.93 bits per heavy atom. The van der Waals surface area contributed by atoms with Crippen LogP contribution in [0.2, 0.25) is 5.02 Å². The Balaban J connectivity index is 1.68. The number of rotatable bonds is 4. The lowest BCUT2D eigenvalue weighted by Gasteiger charge is -2.10. The number of halogens is 1. The van der Waals surface area contributed by atoms with Crippen molar-refractivity contribution >= 4 is 40.3 Å². The Morgan fingerprint density at radius 3 is 2.71 bits per heavy atom. The van der Waals surface area contributed by atoms with Gasteiger partial charge in [0.05, 0.1) is 10.6 Å². The van der Waals surface area contributed by atoms with Gasteiger partial charge in [-0.3, -0.25) is 15.1 Å². The lowest BCUT2D eigenvalue weighted by atomic mass is 10.1. The summed E-state index contributed by atoms with van der Waals surface area (Å²) in [7, 11) is 0. The van der Waals surface area contributed by atoms with Gasteiger partial charge in [0.2, 0.25) is 5.89 Å². The average molecular weight is 393 g/mol. The van der Waals surface area contributed by atoms with Crippen LogP contribution in [0.1, 0.15) is 5.56 Å². The van der Waals surface area contributed by atoms with E-state index in [0.29, 0.717) is 22.7 Å². The summed E-state index contributed by atoms with van der Waals surface area (Å²) in [5.41, 5.74) is 2.11. The quantitative estimate of drug-likeness (QED) is 0.279. The van der Waals surface area contributed by atoms with Crippen molar-refractivity contribution in [2.75, 3.05) is 0 Å². The molecule has 0 unspecified atom stereocenters. The van der Waals surface area contributed by atoms with Crippen LogP contribution in [0.4, 0.5) is 11.4 Å². The van der Waals surface area contributed by atoms with Crippen LogP contribution in [-0.4, -0.2) is 16.1 Å². The highest BCUT2D eigenvalue weighted by atomic mass is 35.5. The monoisotopic (exact) mass is 392 g/mol. The molecule has 0 aliphatic heterocycles. The maximum absolute atomic E-state index is 12.2. The molecule has 138 valence electrons. The predicted molar refractivity (Wildman–Crippen MR) is 104 cm³/mol. The number of hydrogen-bond acceptors (Lipinski definition) is 6. The number of para-hydroxylation sites is 2. The van der Waals surface area contributed by atoms with Gasteiger partial charge in [0.1, 0.15) is 5.52 Å². The number of fused-ring (bicyclic) bond motifs is 1. The van der Waals surface area contributed by atoms with Crippen LogP contribution < -0.4 is 5.11 Å². The first-order valence-electron chi connectivity index (χ1n) is 8.16. The molecule has 0 aliphatic carbocycles. The van der Waals surface area contributed by atoms with Crippen molar-refractivity contribution in [3.05, 3.63) is 81.4 Å². The van der Waals surface area contributed by atoms with E-state index in [0.717, 1.165) is 11.6 Å². The Morgan fingerprint density at radius 1 is 1.11 bits per heavy atom. The minimum atomic E-state index is -0.764. The fraction of sp³-hybridized carbons (Fsp3) is 0. The van der Waals surface area contributed by atoms with Crippen LogP contribution in [0.5, 0.6) is 5.75 Å². The first-order valence-corrected chi connectivity index (χ1v) is 8.54. The van der Waals surface area contributed by atoms with Gasteiger partial charge in [-0.25, -0.2) is 4.98 Å². The van der Waals surface area contributed by atoms with Crippen LogP contribution in [0.15, 0.2) is 70.1 Å². The Hall–Kier alpha value is -3.71. The third-order valence-electron chi connectivity index (χ3n) is 4.00. The van der Waals surface area contributed by atoms with Crippen molar-refractivity contribution in [2.24, 2.45) is 4.99 Å². The molecule has 0 bridgehead atoms. The zero-order valence-corrected chi connectivity index (χ0v) is 15.0. The van der Waals surface area contributed by atoms with Crippen LogP contribution in [0, 0.1) is 10.1 Å². The summed E-state index contributed by atoms with van der Waals surface area (Å²) in [6.07, 6.45) is 1.26. The van der Waals surface area contributed by atoms with Crippen molar-refractivity contribution in [1.29, 1.82) is 0 Å². The molecule has 0 aliphatic rings. The predicted octanol–water partition coefficient (Wildman–Crippen LogP) is 4.88. The van der Waals surface area contributed by atoms with Gasteiger partial charge in [0.25, 0.3) is 5.69 Å². The van der Waals surface area contributed by atoms with Gasteiger partial charge in [-0.2, -0.15) is 0 Å². The summed E-state index contributed by atoms with van der Waals surface area (Å²) in [5, 5.41) is 23.2. The number of oxazole rings is 1. The maximum atomic E-state index is 12.2. The number of aromatic nitrogens is 1. The SMILES string of the molecule is O=[N+]([O-])c1cc(Cl)cc(C=Nc2cccc(-c3nc4ccccc4o3)c2)c1[O-]. The number of nitro benzene ring substituents is 1. The van der Waals surface area contributed by atoms with Gasteiger partial charge >= 0.3 is 0 Å². The number of benzene rings is 3. The average Bonchev–Trinajstić information content (AvgIpc) is 3.13. The normalized spacial score (nSPS) is 11.3. The van der Waals surface area contributed by atoms with E-state index in [-0.39, 0.29) is 10.6 Å². The van der Waals surface area contributed by atoms with Crippen LogP contribution in [0.25, 0.3) is 22.6 Å². The minimum Gasteiger partial charge on any atom is -0.867 e. The highest BCUT2D eigenvalue weighted by Crippen LogP contribution is 2.31. The topological polar surface area (TPSA) is 105 Å². The number of hydrogen-bond donors (Lipinski definition) is 0. The molecule has 7 nitrogen and oxygen atoms in total. The molecule has 8 heteroatoms. The summed E-state index contributed by atoms with van der Waals surface area (Å²) in [4.78, 5) is 18.9. The first kappa shape index (κ1) is 17.7. The van der Waals surface area contributed by atoms with E-state index in [1.807, 2.05) is 30.3 Å². The van der Waals surface area contributed by atoms with E-state index in [2.05, 4.69) is 9.98 Å². The van der Waals surface area contributed by atoms with E-state index < -0.39 is 16.4 Å². The zero-order valence-electron chi connectivity index (χ0n) is 14.2. The molecule has 1 heterocycles. The van der Waals surface area contributed by atoms with Gasteiger partial charge < -0.3 is 9.52 Å². The third kappa shape index (κ3) is 3.43. The molecular weight excluding hydrogens is 382 g/mol. The van der Waals surface area contributed by atoms with E-state index in [4.69, 9.17) is 16.0 Å². The van der Waals surface area contributed by atoms with Gasteiger partial charge in [-0.15, -0.1) is 0 Å². The number of nitrogens with zero attached hydrogens (tertiary/aromatic N) is 3. The molecule has 4 aromatic rings. The van der Waals surface area contributed by atoms with Crippen molar-refractivity contribution < 1.29 is 14.4 Å². The summed E-state index contributed by atoms with van der Waals surface area (Å²) >= 11 is 5.87. The first-order chi connectivity index (χ1) is 13.5. The fourth-order valence-electron chi connectivity index (χ4n) is 2.69. The standard InChI is InChI=1S/C20H12ClN3O4/c21-14-8-13(19(25)17(10-14)24(26)27)11-22-15-5-3-4-12(9-15)20-23-16-6-1-2-7-18(16)28-20/h1-11,25H/p-1. The van der Waals surface area contributed by atoms with Gasteiger partial charge in [0, 0.05) is 22.9 Å². The van der Waals surface area contributed by atoms with Gasteiger partial charge in [-0.05, 0) is 47.7 Å². The second kappa shape index (κ2) is 7.13. The lowest BCUT2D eigenvalue weighted by Crippen LogP contribution is -2.02. The molecule has 0 amide bonds. The van der Waals surface area contributed by atoms with E-state index in [1.54, 1.807) is 18.2 Å².